The maximum atomic E-state index is 12.9. The van der Waals surface area contributed by atoms with Gasteiger partial charge in [0.2, 0.25) is 5.91 Å². The number of ether oxygens (including phenoxy) is 1. The smallest absolute Gasteiger partial charge is 0.220 e. The van der Waals surface area contributed by atoms with Crippen LogP contribution in [0.3, 0.4) is 0 Å². The highest BCUT2D eigenvalue weighted by atomic mass is 35.5. The van der Waals surface area contributed by atoms with Crippen LogP contribution in [0.2, 0.25) is 0 Å². The van der Waals surface area contributed by atoms with E-state index in [1.165, 1.54) is 18.6 Å². The molecule has 6 heteroatoms. The zero-order valence-electron chi connectivity index (χ0n) is 12.6. The van der Waals surface area contributed by atoms with Crippen LogP contribution in [0.4, 0.5) is 4.39 Å². The number of benzene rings is 1. The Balaban J connectivity index is 0.00000242. The molecule has 124 valence electrons. The third-order valence-corrected chi connectivity index (χ3v) is 3.65. The molecule has 0 radical (unpaired) electrons. The predicted molar refractivity (Wildman–Crippen MR) is 87.0 cm³/mol. The summed E-state index contributed by atoms with van der Waals surface area (Å²) >= 11 is 0. The molecule has 2 rings (SSSR count). The summed E-state index contributed by atoms with van der Waals surface area (Å²) < 4.78 is 18.3. The largest absolute Gasteiger partial charge is 0.493 e. The van der Waals surface area contributed by atoms with E-state index in [0.717, 1.165) is 26.1 Å². The molecular weight excluding hydrogens is 307 g/mol. The van der Waals surface area contributed by atoms with Crippen molar-refractivity contribution in [1.29, 1.82) is 0 Å². The number of amides is 1. The second kappa shape index (κ2) is 10.4. The predicted octanol–water partition coefficient (Wildman–Crippen LogP) is 2.52. The molecule has 1 fully saturated rings. The molecule has 1 aliphatic rings. The van der Waals surface area contributed by atoms with E-state index in [-0.39, 0.29) is 24.1 Å². The van der Waals surface area contributed by atoms with E-state index in [4.69, 9.17) is 4.74 Å². The molecular formula is C16H24ClFN2O2. The van der Waals surface area contributed by atoms with Gasteiger partial charge in [0.25, 0.3) is 0 Å². The van der Waals surface area contributed by atoms with E-state index in [9.17, 15) is 9.18 Å². The monoisotopic (exact) mass is 330 g/mol. The average Bonchev–Trinajstić information content (AvgIpc) is 2.97. The Hall–Kier alpha value is -1.33. The van der Waals surface area contributed by atoms with Gasteiger partial charge in [-0.25, -0.2) is 4.39 Å². The van der Waals surface area contributed by atoms with Crippen LogP contribution >= 0.6 is 12.4 Å². The van der Waals surface area contributed by atoms with Crippen LogP contribution in [0.1, 0.15) is 25.7 Å². The fraction of sp³-hybridized carbons (Fsp3) is 0.562. The van der Waals surface area contributed by atoms with Crippen molar-refractivity contribution in [2.75, 3.05) is 26.2 Å². The molecule has 1 heterocycles. The molecule has 0 aliphatic carbocycles. The minimum Gasteiger partial charge on any atom is -0.493 e. The number of hydrogen-bond acceptors (Lipinski definition) is 3. The lowest BCUT2D eigenvalue weighted by Crippen LogP contribution is -2.26. The number of carbonyl (C=O) groups is 1. The molecule has 1 atom stereocenters. The van der Waals surface area contributed by atoms with Crippen LogP contribution < -0.4 is 15.4 Å². The number of hydrogen-bond donors (Lipinski definition) is 2. The second-order valence-corrected chi connectivity index (χ2v) is 5.41. The first-order valence-corrected chi connectivity index (χ1v) is 7.60. The van der Waals surface area contributed by atoms with Crippen LogP contribution in [-0.4, -0.2) is 32.1 Å². The lowest BCUT2D eigenvalue weighted by atomic mass is 10.1. The van der Waals surface area contributed by atoms with Crippen molar-refractivity contribution in [3.05, 3.63) is 30.1 Å². The molecule has 1 unspecified atom stereocenters. The quantitative estimate of drug-likeness (QED) is 0.720. The lowest BCUT2D eigenvalue weighted by molar-refractivity contribution is -0.121. The molecule has 1 aromatic rings. The normalized spacial score (nSPS) is 16.9. The Morgan fingerprint density at radius 1 is 1.45 bits per heavy atom. The summed E-state index contributed by atoms with van der Waals surface area (Å²) in [6.45, 7) is 3.33. The fourth-order valence-corrected chi connectivity index (χ4v) is 2.44. The molecule has 22 heavy (non-hydrogen) atoms. The van der Waals surface area contributed by atoms with Gasteiger partial charge in [0.1, 0.15) is 11.6 Å². The van der Waals surface area contributed by atoms with Gasteiger partial charge in [-0.2, -0.15) is 0 Å². The van der Waals surface area contributed by atoms with Crippen molar-refractivity contribution in [3.8, 4) is 5.75 Å². The summed E-state index contributed by atoms with van der Waals surface area (Å²) in [7, 11) is 0. The minimum absolute atomic E-state index is 0. The highest BCUT2D eigenvalue weighted by Gasteiger charge is 2.13. The number of rotatable bonds is 8. The van der Waals surface area contributed by atoms with Crippen LogP contribution in [0.5, 0.6) is 5.75 Å². The fourth-order valence-electron chi connectivity index (χ4n) is 2.44. The molecule has 4 nitrogen and oxygen atoms in total. The Morgan fingerprint density at radius 2 is 2.32 bits per heavy atom. The first-order chi connectivity index (χ1) is 10.2. The van der Waals surface area contributed by atoms with E-state index in [2.05, 4.69) is 10.6 Å². The van der Waals surface area contributed by atoms with Gasteiger partial charge in [-0.05, 0) is 50.4 Å². The average molecular weight is 331 g/mol. The maximum Gasteiger partial charge on any atom is 0.220 e. The standard InChI is InChI=1S/C16H23FN2O2.ClH/c17-14-3-1-4-15(11-14)21-10-2-5-16(20)19-9-7-13-6-8-18-12-13;/h1,3-4,11,13,18H,2,5-10,12H2,(H,19,20);1H. The zero-order valence-corrected chi connectivity index (χ0v) is 13.5. The van der Waals surface area contributed by atoms with E-state index in [0.29, 0.717) is 31.1 Å². The molecule has 0 saturated carbocycles. The van der Waals surface area contributed by atoms with Crippen molar-refractivity contribution in [3.63, 3.8) is 0 Å². The summed E-state index contributed by atoms with van der Waals surface area (Å²) in [6, 6.07) is 6.03. The molecule has 1 saturated heterocycles. The Morgan fingerprint density at radius 3 is 3.05 bits per heavy atom. The third-order valence-electron chi connectivity index (χ3n) is 3.65. The highest BCUT2D eigenvalue weighted by Crippen LogP contribution is 2.12. The number of halogens is 2. The van der Waals surface area contributed by atoms with Gasteiger partial charge in [0.15, 0.2) is 0 Å². The van der Waals surface area contributed by atoms with Crippen LogP contribution in [0.15, 0.2) is 24.3 Å². The Bertz CT molecular complexity index is 454. The topological polar surface area (TPSA) is 50.4 Å². The zero-order chi connectivity index (χ0) is 14.9. The van der Waals surface area contributed by atoms with Crippen molar-refractivity contribution in [2.45, 2.75) is 25.7 Å². The number of carbonyl (C=O) groups excluding carboxylic acids is 1. The second-order valence-electron chi connectivity index (χ2n) is 5.41. The third kappa shape index (κ3) is 7.09. The van der Waals surface area contributed by atoms with E-state index < -0.39 is 0 Å². The van der Waals surface area contributed by atoms with Crippen LogP contribution in [0.25, 0.3) is 0 Å². The van der Waals surface area contributed by atoms with Gasteiger partial charge in [0.05, 0.1) is 6.61 Å². The maximum absolute atomic E-state index is 12.9. The molecule has 0 aromatic heterocycles. The van der Waals surface area contributed by atoms with E-state index in [1.807, 2.05) is 0 Å². The van der Waals surface area contributed by atoms with Crippen molar-refractivity contribution in [1.82, 2.24) is 10.6 Å². The van der Waals surface area contributed by atoms with Gasteiger partial charge in [0, 0.05) is 19.0 Å². The molecule has 0 bridgehead atoms. The molecule has 2 N–H and O–H groups in total. The van der Waals surface area contributed by atoms with Crippen LogP contribution in [0, 0.1) is 11.7 Å². The van der Waals surface area contributed by atoms with Gasteiger partial charge in [-0.3, -0.25) is 4.79 Å². The minimum atomic E-state index is -0.313. The molecule has 1 amide bonds. The van der Waals surface area contributed by atoms with Gasteiger partial charge < -0.3 is 15.4 Å². The lowest BCUT2D eigenvalue weighted by Gasteiger charge is -2.09. The summed E-state index contributed by atoms with van der Waals surface area (Å²) in [5.41, 5.74) is 0. The number of nitrogens with one attached hydrogen (secondary N) is 2. The molecule has 1 aromatic carbocycles. The highest BCUT2D eigenvalue weighted by molar-refractivity contribution is 5.85. The van der Waals surface area contributed by atoms with E-state index >= 15 is 0 Å². The Kier molecular flexibility index (Phi) is 8.85. The summed E-state index contributed by atoms with van der Waals surface area (Å²) in [5, 5.41) is 6.25. The SMILES string of the molecule is Cl.O=C(CCCOc1cccc(F)c1)NCCC1CCNC1. The van der Waals surface area contributed by atoms with Crippen molar-refractivity contribution < 1.29 is 13.9 Å². The van der Waals surface area contributed by atoms with E-state index in [1.54, 1.807) is 12.1 Å². The van der Waals surface area contributed by atoms with Crippen molar-refractivity contribution in [2.24, 2.45) is 5.92 Å². The van der Waals surface area contributed by atoms with Gasteiger partial charge in [-0.15, -0.1) is 12.4 Å². The van der Waals surface area contributed by atoms with Gasteiger partial charge >= 0.3 is 0 Å². The Labute approximate surface area is 137 Å². The first kappa shape index (κ1) is 18.7. The van der Waals surface area contributed by atoms with Gasteiger partial charge in [-0.1, -0.05) is 6.07 Å². The van der Waals surface area contributed by atoms with Crippen molar-refractivity contribution >= 4 is 18.3 Å². The summed E-state index contributed by atoms with van der Waals surface area (Å²) in [6.07, 6.45) is 3.32. The molecule has 1 aliphatic heterocycles. The summed E-state index contributed by atoms with van der Waals surface area (Å²) in [4.78, 5) is 11.6. The summed E-state index contributed by atoms with van der Waals surface area (Å²) in [5.74, 6) is 0.946. The first-order valence-electron chi connectivity index (χ1n) is 7.60. The molecule has 0 spiro atoms. The van der Waals surface area contributed by atoms with Crippen LogP contribution in [-0.2, 0) is 4.79 Å².